The summed E-state index contributed by atoms with van der Waals surface area (Å²) in [4.78, 5) is 11.9. The maximum atomic E-state index is 13.1. The Kier molecular flexibility index (Phi) is 4.71. The van der Waals surface area contributed by atoms with Crippen LogP contribution in [0.25, 0.3) is 0 Å². The van der Waals surface area contributed by atoms with Gasteiger partial charge in [-0.2, -0.15) is 0 Å². The zero-order valence-electron chi connectivity index (χ0n) is 10.1. The topological polar surface area (TPSA) is 29.1 Å². The molecular weight excluding hydrogens is 217 g/mol. The van der Waals surface area contributed by atoms with E-state index in [0.717, 1.165) is 18.4 Å². The molecule has 17 heavy (non-hydrogen) atoms. The van der Waals surface area contributed by atoms with Crippen LogP contribution in [0.1, 0.15) is 35.7 Å². The van der Waals surface area contributed by atoms with Crippen LogP contribution >= 0.6 is 0 Å². The number of carbonyl (C=O) groups excluding carboxylic acids is 1. The largest absolute Gasteiger partial charge is 0.338 e. The first-order valence-corrected chi connectivity index (χ1v) is 5.61. The summed E-state index contributed by atoms with van der Waals surface area (Å²) in [5, 5.41) is 2.71. The molecule has 0 fully saturated rings. The summed E-state index contributed by atoms with van der Waals surface area (Å²) in [5.74, 6) is 1.77. The Bertz CT molecular complexity index is 448. The van der Waals surface area contributed by atoms with Gasteiger partial charge in [-0.05, 0) is 31.0 Å². The lowest BCUT2D eigenvalue weighted by atomic mass is 10.1. The smallest absolute Gasteiger partial charge is 0.252 e. The van der Waals surface area contributed by atoms with Crippen LogP contribution in [0.5, 0.6) is 0 Å². The molecule has 1 aromatic rings. The molecule has 0 heterocycles. The van der Waals surface area contributed by atoms with E-state index >= 15 is 0 Å². The van der Waals surface area contributed by atoms with E-state index in [1.807, 2.05) is 6.92 Å². The molecule has 3 heteroatoms. The Balaban J connectivity index is 2.83. The second-order valence-electron chi connectivity index (χ2n) is 3.94. The summed E-state index contributed by atoms with van der Waals surface area (Å²) in [6, 6.07) is 3.84. The first-order valence-electron chi connectivity index (χ1n) is 5.61. The van der Waals surface area contributed by atoms with Gasteiger partial charge in [0.1, 0.15) is 5.82 Å². The highest BCUT2D eigenvalue weighted by Crippen LogP contribution is 2.10. The molecule has 1 aromatic carbocycles. The lowest BCUT2D eigenvalue weighted by Crippen LogP contribution is -2.34. The van der Waals surface area contributed by atoms with Crippen molar-refractivity contribution >= 4 is 5.91 Å². The summed E-state index contributed by atoms with van der Waals surface area (Å²) in [6.45, 7) is 3.75. The molecule has 0 aliphatic heterocycles. The number of hydrogen-bond acceptors (Lipinski definition) is 1. The van der Waals surface area contributed by atoms with E-state index in [4.69, 9.17) is 6.42 Å². The van der Waals surface area contributed by atoms with Crippen molar-refractivity contribution in [1.82, 2.24) is 5.32 Å². The highest BCUT2D eigenvalue weighted by Gasteiger charge is 2.13. The van der Waals surface area contributed by atoms with E-state index < -0.39 is 5.82 Å². The number of hydrogen-bond donors (Lipinski definition) is 1. The third-order valence-electron chi connectivity index (χ3n) is 2.53. The Morgan fingerprint density at radius 2 is 2.29 bits per heavy atom. The lowest BCUT2D eigenvalue weighted by Gasteiger charge is -2.13. The molecular formula is C14H16FNO. The molecule has 0 aliphatic rings. The minimum atomic E-state index is -0.423. The Morgan fingerprint density at radius 1 is 1.59 bits per heavy atom. The summed E-state index contributed by atoms with van der Waals surface area (Å²) in [7, 11) is 0. The molecule has 1 amide bonds. The van der Waals surface area contributed by atoms with Crippen molar-refractivity contribution in [3.05, 3.63) is 35.1 Å². The Hall–Kier alpha value is -1.82. The predicted molar refractivity (Wildman–Crippen MR) is 66.1 cm³/mol. The molecule has 1 atom stereocenters. The summed E-state index contributed by atoms with van der Waals surface area (Å²) in [6.07, 6.45) is 6.92. The van der Waals surface area contributed by atoms with Crippen LogP contribution in [-0.4, -0.2) is 11.9 Å². The van der Waals surface area contributed by atoms with Gasteiger partial charge in [-0.1, -0.05) is 25.3 Å². The molecule has 0 radical (unpaired) electrons. The van der Waals surface area contributed by atoms with Gasteiger partial charge in [0.15, 0.2) is 0 Å². The number of aryl methyl sites for hydroxylation is 1. The van der Waals surface area contributed by atoms with Crippen LogP contribution in [0.3, 0.4) is 0 Å². The maximum Gasteiger partial charge on any atom is 0.252 e. The average molecular weight is 233 g/mol. The van der Waals surface area contributed by atoms with Gasteiger partial charge in [-0.25, -0.2) is 4.39 Å². The van der Waals surface area contributed by atoms with Crippen LogP contribution in [0.4, 0.5) is 4.39 Å². The quantitative estimate of drug-likeness (QED) is 0.796. The first-order chi connectivity index (χ1) is 8.08. The molecule has 1 N–H and O–H groups in total. The van der Waals surface area contributed by atoms with E-state index in [1.54, 1.807) is 13.0 Å². The fourth-order valence-corrected chi connectivity index (χ4v) is 1.56. The van der Waals surface area contributed by atoms with Gasteiger partial charge in [-0.15, -0.1) is 6.42 Å². The summed E-state index contributed by atoms with van der Waals surface area (Å²) in [5.41, 5.74) is 1.07. The number of terminal acetylenes is 1. The van der Waals surface area contributed by atoms with Gasteiger partial charge < -0.3 is 5.32 Å². The molecule has 2 nitrogen and oxygen atoms in total. The third kappa shape index (κ3) is 3.60. The van der Waals surface area contributed by atoms with Crippen molar-refractivity contribution in [2.75, 3.05) is 0 Å². The van der Waals surface area contributed by atoms with Crippen LogP contribution in [0.15, 0.2) is 18.2 Å². The van der Waals surface area contributed by atoms with E-state index in [1.165, 1.54) is 12.1 Å². The third-order valence-corrected chi connectivity index (χ3v) is 2.53. The molecule has 1 unspecified atom stereocenters. The molecule has 0 spiro atoms. The lowest BCUT2D eigenvalue weighted by molar-refractivity contribution is 0.0943. The van der Waals surface area contributed by atoms with Crippen molar-refractivity contribution in [1.29, 1.82) is 0 Å². The number of rotatable bonds is 4. The Labute approximate surface area is 101 Å². The van der Waals surface area contributed by atoms with Gasteiger partial charge >= 0.3 is 0 Å². The number of benzene rings is 1. The van der Waals surface area contributed by atoms with E-state index in [2.05, 4.69) is 11.2 Å². The molecule has 1 rings (SSSR count). The van der Waals surface area contributed by atoms with Gasteiger partial charge in [-0.3, -0.25) is 4.79 Å². The first kappa shape index (κ1) is 13.2. The highest BCUT2D eigenvalue weighted by molar-refractivity contribution is 5.96. The normalized spacial score (nSPS) is 11.6. The van der Waals surface area contributed by atoms with Gasteiger partial charge in [0, 0.05) is 5.56 Å². The predicted octanol–water partition coefficient (Wildman–Crippen LogP) is 2.67. The minimum Gasteiger partial charge on any atom is -0.338 e. The number of amides is 1. The number of halogens is 1. The maximum absolute atomic E-state index is 13.1. The molecule has 0 saturated carbocycles. The van der Waals surface area contributed by atoms with Crippen LogP contribution in [0.2, 0.25) is 0 Å². The van der Waals surface area contributed by atoms with E-state index in [-0.39, 0.29) is 11.9 Å². The van der Waals surface area contributed by atoms with E-state index in [0.29, 0.717) is 5.56 Å². The second-order valence-corrected chi connectivity index (χ2v) is 3.94. The fourth-order valence-electron chi connectivity index (χ4n) is 1.56. The zero-order chi connectivity index (χ0) is 12.8. The molecule has 0 saturated heterocycles. The van der Waals surface area contributed by atoms with Gasteiger partial charge in [0.05, 0.1) is 6.04 Å². The fraction of sp³-hybridized carbons (Fsp3) is 0.357. The highest BCUT2D eigenvalue weighted by atomic mass is 19.1. The van der Waals surface area contributed by atoms with Crippen molar-refractivity contribution in [2.45, 2.75) is 32.7 Å². The van der Waals surface area contributed by atoms with Crippen LogP contribution in [-0.2, 0) is 0 Å². The van der Waals surface area contributed by atoms with Crippen molar-refractivity contribution in [3.8, 4) is 12.3 Å². The van der Waals surface area contributed by atoms with Gasteiger partial charge in [0.25, 0.3) is 5.91 Å². The Morgan fingerprint density at radius 3 is 2.88 bits per heavy atom. The zero-order valence-corrected chi connectivity index (χ0v) is 10.1. The standard InChI is InChI=1S/C14H16FNO/c1-4-6-12(5-2)16-14(17)13-9-11(15)8-7-10(13)3/h2,7-9,12H,4,6H2,1,3H3,(H,16,17). The van der Waals surface area contributed by atoms with Crippen molar-refractivity contribution < 1.29 is 9.18 Å². The van der Waals surface area contributed by atoms with Crippen LogP contribution < -0.4 is 5.32 Å². The molecule has 90 valence electrons. The SMILES string of the molecule is C#CC(CCC)NC(=O)c1cc(F)ccc1C. The van der Waals surface area contributed by atoms with Crippen molar-refractivity contribution in [2.24, 2.45) is 0 Å². The van der Waals surface area contributed by atoms with Gasteiger partial charge in [0.2, 0.25) is 0 Å². The monoisotopic (exact) mass is 233 g/mol. The summed E-state index contributed by atoms with van der Waals surface area (Å²) < 4.78 is 13.1. The molecule has 0 bridgehead atoms. The minimum absolute atomic E-state index is 0.296. The molecule has 0 aliphatic carbocycles. The number of nitrogens with one attached hydrogen (secondary N) is 1. The number of carbonyl (C=O) groups is 1. The summed E-state index contributed by atoms with van der Waals surface area (Å²) >= 11 is 0. The van der Waals surface area contributed by atoms with Crippen LogP contribution in [0, 0.1) is 25.1 Å². The van der Waals surface area contributed by atoms with Crippen molar-refractivity contribution in [3.63, 3.8) is 0 Å². The average Bonchev–Trinajstić information content (AvgIpc) is 2.31. The molecule has 0 aromatic heterocycles. The second kappa shape index (κ2) is 6.05. The van der Waals surface area contributed by atoms with E-state index in [9.17, 15) is 9.18 Å².